The molecule has 0 aliphatic heterocycles. The number of anilines is 1. The van der Waals surface area contributed by atoms with Crippen molar-refractivity contribution in [3.63, 3.8) is 0 Å². The van der Waals surface area contributed by atoms with Gasteiger partial charge in [0.15, 0.2) is 0 Å². The molecule has 2 rings (SSSR count). The monoisotopic (exact) mass is 266 g/mol. The van der Waals surface area contributed by atoms with E-state index in [1.54, 1.807) is 12.3 Å². The lowest BCUT2D eigenvalue weighted by molar-refractivity contribution is 1.13. The maximum atomic E-state index is 6.10. The summed E-state index contributed by atoms with van der Waals surface area (Å²) >= 11 is 12.1. The first-order chi connectivity index (χ1) is 8.16. The van der Waals surface area contributed by atoms with E-state index in [-0.39, 0.29) is 0 Å². The molecule has 0 aliphatic rings. The van der Waals surface area contributed by atoms with Crippen molar-refractivity contribution in [1.29, 1.82) is 0 Å². The van der Waals surface area contributed by atoms with Crippen LogP contribution in [0.1, 0.15) is 11.1 Å². The first-order valence-corrected chi connectivity index (χ1v) is 6.01. The maximum Gasteiger partial charge on any atom is 0.0642 e. The average Bonchev–Trinajstić information content (AvgIpc) is 2.31. The van der Waals surface area contributed by atoms with Crippen LogP contribution in [0, 0.1) is 6.92 Å². The zero-order valence-corrected chi connectivity index (χ0v) is 10.9. The smallest absolute Gasteiger partial charge is 0.0642 e. The van der Waals surface area contributed by atoms with E-state index in [1.807, 2.05) is 31.3 Å². The van der Waals surface area contributed by atoms with Gasteiger partial charge in [0.05, 0.1) is 15.7 Å². The molecule has 0 saturated heterocycles. The molecule has 0 atom stereocenters. The molecule has 1 heterocycles. The number of hydrogen-bond donors (Lipinski definition) is 1. The van der Waals surface area contributed by atoms with Crippen LogP contribution in [0.25, 0.3) is 0 Å². The molecule has 0 bridgehead atoms. The topological polar surface area (TPSA) is 24.9 Å². The van der Waals surface area contributed by atoms with E-state index in [0.717, 1.165) is 16.8 Å². The number of pyridine rings is 1. The van der Waals surface area contributed by atoms with Crippen LogP contribution in [-0.2, 0) is 6.54 Å². The van der Waals surface area contributed by atoms with Gasteiger partial charge in [-0.2, -0.15) is 0 Å². The highest BCUT2D eigenvalue weighted by molar-refractivity contribution is 6.42. The van der Waals surface area contributed by atoms with Crippen LogP contribution in [-0.4, -0.2) is 4.98 Å². The number of rotatable bonds is 3. The molecule has 88 valence electrons. The van der Waals surface area contributed by atoms with E-state index in [4.69, 9.17) is 23.2 Å². The second kappa shape index (κ2) is 5.39. The summed E-state index contributed by atoms with van der Waals surface area (Å²) in [6, 6.07) is 7.65. The molecular weight excluding hydrogens is 255 g/mol. The van der Waals surface area contributed by atoms with Gasteiger partial charge >= 0.3 is 0 Å². The Morgan fingerprint density at radius 2 is 2.06 bits per heavy atom. The van der Waals surface area contributed by atoms with Crippen LogP contribution in [0.3, 0.4) is 0 Å². The zero-order valence-electron chi connectivity index (χ0n) is 9.37. The third-order valence-electron chi connectivity index (χ3n) is 2.39. The van der Waals surface area contributed by atoms with Crippen molar-refractivity contribution in [2.75, 3.05) is 5.32 Å². The summed E-state index contributed by atoms with van der Waals surface area (Å²) in [6.45, 7) is 2.63. The standard InChI is InChI=1S/C13H12Cl2N2/c1-9-5-11(8-16-6-9)17-7-10-3-2-4-12(14)13(10)15/h2-6,8,17H,7H2,1H3. The first-order valence-electron chi connectivity index (χ1n) is 5.25. The van der Waals surface area contributed by atoms with Crippen molar-refractivity contribution in [1.82, 2.24) is 4.98 Å². The normalized spacial score (nSPS) is 10.3. The predicted octanol–water partition coefficient (Wildman–Crippen LogP) is 4.31. The first kappa shape index (κ1) is 12.2. The number of aryl methyl sites for hydroxylation is 1. The zero-order chi connectivity index (χ0) is 12.3. The fraction of sp³-hybridized carbons (Fsp3) is 0.154. The van der Waals surface area contributed by atoms with Crippen LogP contribution in [0.15, 0.2) is 36.7 Å². The molecule has 0 saturated carbocycles. The van der Waals surface area contributed by atoms with Crippen LogP contribution in [0.4, 0.5) is 5.69 Å². The van der Waals surface area contributed by atoms with E-state index in [9.17, 15) is 0 Å². The third-order valence-corrected chi connectivity index (χ3v) is 3.25. The highest BCUT2D eigenvalue weighted by Gasteiger charge is 2.03. The fourth-order valence-electron chi connectivity index (χ4n) is 1.53. The van der Waals surface area contributed by atoms with Crippen molar-refractivity contribution in [3.8, 4) is 0 Å². The maximum absolute atomic E-state index is 6.10. The molecule has 17 heavy (non-hydrogen) atoms. The molecule has 1 aromatic heterocycles. The Morgan fingerprint density at radius 3 is 2.82 bits per heavy atom. The van der Waals surface area contributed by atoms with E-state index >= 15 is 0 Å². The Morgan fingerprint density at radius 1 is 1.24 bits per heavy atom. The van der Waals surface area contributed by atoms with Gasteiger partial charge in [0.25, 0.3) is 0 Å². The van der Waals surface area contributed by atoms with E-state index in [1.165, 1.54) is 0 Å². The summed E-state index contributed by atoms with van der Waals surface area (Å²) in [4.78, 5) is 4.11. The van der Waals surface area contributed by atoms with Crippen LogP contribution in [0.2, 0.25) is 10.0 Å². The summed E-state index contributed by atoms with van der Waals surface area (Å²) in [5, 5.41) is 4.44. The molecule has 1 N–H and O–H groups in total. The summed E-state index contributed by atoms with van der Waals surface area (Å²) in [6.07, 6.45) is 3.60. The van der Waals surface area contributed by atoms with Crippen molar-refractivity contribution >= 4 is 28.9 Å². The van der Waals surface area contributed by atoms with Crippen molar-refractivity contribution in [2.24, 2.45) is 0 Å². The summed E-state index contributed by atoms with van der Waals surface area (Å²) < 4.78 is 0. The van der Waals surface area contributed by atoms with Gasteiger partial charge in [0.2, 0.25) is 0 Å². The van der Waals surface area contributed by atoms with Gasteiger partial charge in [-0.25, -0.2) is 0 Å². The molecular formula is C13H12Cl2N2. The van der Waals surface area contributed by atoms with E-state index < -0.39 is 0 Å². The molecule has 4 heteroatoms. The lowest BCUT2D eigenvalue weighted by Gasteiger charge is -2.09. The number of aromatic nitrogens is 1. The van der Waals surface area contributed by atoms with Gasteiger partial charge in [-0.15, -0.1) is 0 Å². The molecule has 0 aliphatic carbocycles. The SMILES string of the molecule is Cc1cncc(NCc2cccc(Cl)c2Cl)c1. The van der Waals surface area contributed by atoms with Gasteiger partial charge in [-0.1, -0.05) is 35.3 Å². The minimum atomic E-state index is 0.577. The number of benzene rings is 1. The lowest BCUT2D eigenvalue weighted by Crippen LogP contribution is -2.00. The number of halogens is 2. The van der Waals surface area contributed by atoms with Gasteiger partial charge in [-0.05, 0) is 30.2 Å². The van der Waals surface area contributed by atoms with Crippen molar-refractivity contribution in [3.05, 3.63) is 57.8 Å². The molecule has 0 unspecified atom stereocenters. The van der Waals surface area contributed by atoms with Gasteiger partial charge < -0.3 is 5.32 Å². The van der Waals surface area contributed by atoms with E-state index in [0.29, 0.717) is 16.6 Å². The molecule has 0 spiro atoms. The van der Waals surface area contributed by atoms with Crippen LogP contribution in [0.5, 0.6) is 0 Å². The van der Waals surface area contributed by atoms with Gasteiger partial charge in [0, 0.05) is 18.9 Å². The highest BCUT2D eigenvalue weighted by Crippen LogP contribution is 2.26. The van der Waals surface area contributed by atoms with Crippen molar-refractivity contribution in [2.45, 2.75) is 13.5 Å². The Hall–Kier alpha value is -1.25. The Labute approximate surface area is 111 Å². The Kier molecular flexibility index (Phi) is 3.87. The minimum Gasteiger partial charge on any atom is -0.380 e. The van der Waals surface area contributed by atoms with Crippen molar-refractivity contribution < 1.29 is 0 Å². The summed E-state index contributed by atoms with van der Waals surface area (Å²) in [5.74, 6) is 0. The fourth-order valence-corrected chi connectivity index (χ4v) is 1.92. The molecule has 0 amide bonds. The number of nitrogens with zero attached hydrogens (tertiary/aromatic N) is 1. The largest absolute Gasteiger partial charge is 0.380 e. The molecule has 0 fully saturated rings. The lowest BCUT2D eigenvalue weighted by atomic mass is 10.2. The third kappa shape index (κ3) is 3.11. The summed E-state index contributed by atoms with van der Waals surface area (Å²) in [5.41, 5.74) is 3.06. The van der Waals surface area contributed by atoms with Gasteiger partial charge in [0.1, 0.15) is 0 Å². The van der Waals surface area contributed by atoms with Gasteiger partial charge in [-0.3, -0.25) is 4.98 Å². The second-order valence-corrected chi connectivity index (χ2v) is 4.60. The Balaban J connectivity index is 2.10. The van der Waals surface area contributed by atoms with E-state index in [2.05, 4.69) is 10.3 Å². The molecule has 2 nitrogen and oxygen atoms in total. The summed E-state index contributed by atoms with van der Waals surface area (Å²) in [7, 11) is 0. The predicted molar refractivity (Wildman–Crippen MR) is 72.8 cm³/mol. The average molecular weight is 267 g/mol. The van der Waals surface area contributed by atoms with Crippen LogP contribution >= 0.6 is 23.2 Å². The molecule has 2 aromatic rings. The number of nitrogens with one attached hydrogen (secondary N) is 1. The van der Waals surface area contributed by atoms with Crippen LogP contribution < -0.4 is 5.32 Å². The minimum absolute atomic E-state index is 0.577. The highest BCUT2D eigenvalue weighted by atomic mass is 35.5. The Bertz CT molecular complexity index is 527. The second-order valence-electron chi connectivity index (χ2n) is 3.82. The quantitative estimate of drug-likeness (QED) is 0.896. The molecule has 0 radical (unpaired) electrons. The molecule has 1 aromatic carbocycles. The number of hydrogen-bond acceptors (Lipinski definition) is 2.